The quantitative estimate of drug-likeness (QED) is 0.444. The molecule has 0 aromatic heterocycles. The molecule has 2 saturated carbocycles. The van der Waals surface area contributed by atoms with Crippen LogP contribution >= 0.6 is 0 Å². The van der Waals surface area contributed by atoms with E-state index in [4.69, 9.17) is 0 Å². The summed E-state index contributed by atoms with van der Waals surface area (Å²) in [6.45, 7) is 8.93. The Hall–Kier alpha value is -2.67. The van der Waals surface area contributed by atoms with Crippen LogP contribution in [0, 0.1) is 37.5 Å². The smallest absolute Gasteiger partial charge is 0.163 e. The number of benzene rings is 2. The largest absolute Gasteiger partial charge is 0.294 e. The first-order chi connectivity index (χ1) is 16.9. The lowest BCUT2D eigenvalue weighted by atomic mass is 9.76. The zero-order chi connectivity index (χ0) is 24.5. The van der Waals surface area contributed by atoms with E-state index in [1.54, 1.807) is 11.6 Å². The van der Waals surface area contributed by atoms with Crippen molar-refractivity contribution in [2.45, 2.75) is 72.1 Å². The van der Waals surface area contributed by atoms with E-state index in [2.05, 4.69) is 70.2 Å². The molecule has 0 heterocycles. The number of carbonyl (C=O) groups excluding carboxylic acids is 1. The number of carbonyl (C=O) groups is 1. The van der Waals surface area contributed by atoms with Gasteiger partial charge in [-0.3, -0.25) is 4.79 Å². The number of hydrogen-bond donors (Lipinski definition) is 0. The van der Waals surface area contributed by atoms with Crippen LogP contribution in [-0.4, -0.2) is 5.78 Å². The normalized spacial score (nSPS) is 28.7. The average Bonchev–Trinajstić information content (AvgIpc) is 3.67. The van der Waals surface area contributed by atoms with E-state index in [1.807, 2.05) is 23.8 Å². The Labute approximate surface area is 212 Å². The molecule has 4 aliphatic carbocycles. The summed E-state index contributed by atoms with van der Waals surface area (Å²) in [6, 6.07) is 14.6. The third-order valence-electron chi connectivity index (χ3n) is 8.90. The summed E-state index contributed by atoms with van der Waals surface area (Å²) in [7, 11) is 0. The summed E-state index contributed by atoms with van der Waals surface area (Å²) in [6.07, 6.45) is 16.6. The van der Waals surface area contributed by atoms with Crippen molar-refractivity contribution in [3.05, 3.63) is 99.7 Å². The minimum Gasteiger partial charge on any atom is -0.294 e. The second-order valence-corrected chi connectivity index (χ2v) is 11.5. The molecule has 3 unspecified atom stereocenters. The minimum absolute atomic E-state index is 0.0447. The molecule has 0 spiro atoms. The summed E-state index contributed by atoms with van der Waals surface area (Å²) in [5.41, 5.74) is 9.55. The second kappa shape index (κ2) is 10.1. The van der Waals surface area contributed by atoms with Gasteiger partial charge in [0.1, 0.15) is 0 Å². The zero-order valence-electron chi connectivity index (χ0n) is 21.9. The van der Waals surface area contributed by atoms with E-state index in [1.165, 1.54) is 54.4 Å². The number of ketones is 1. The third kappa shape index (κ3) is 5.30. The molecule has 0 aliphatic heterocycles. The highest BCUT2D eigenvalue weighted by Crippen LogP contribution is 2.55. The first kappa shape index (κ1) is 24.0. The van der Waals surface area contributed by atoms with E-state index < -0.39 is 0 Å². The van der Waals surface area contributed by atoms with Crippen molar-refractivity contribution in [1.82, 2.24) is 0 Å². The third-order valence-corrected chi connectivity index (χ3v) is 8.90. The number of hydrogen-bond acceptors (Lipinski definition) is 1. The van der Waals surface area contributed by atoms with E-state index >= 15 is 0 Å². The highest BCUT2D eigenvalue weighted by Gasteiger charge is 2.44. The van der Waals surface area contributed by atoms with Crippen molar-refractivity contribution in [1.29, 1.82) is 0 Å². The molecule has 1 heteroatoms. The molecule has 2 fully saturated rings. The van der Waals surface area contributed by atoms with Crippen molar-refractivity contribution in [3.8, 4) is 0 Å². The molecule has 4 aliphatic rings. The molecule has 0 amide bonds. The van der Waals surface area contributed by atoms with Crippen LogP contribution in [0.25, 0.3) is 6.08 Å². The van der Waals surface area contributed by atoms with Crippen molar-refractivity contribution < 1.29 is 4.79 Å². The molecule has 1 nitrogen and oxygen atoms in total. The van der Waals surface area contributed by atoms with Gasteiger partial charge in [0.2, 0.25) is 0 Å². The van der Waals surface area contributed by atoms with Gasteiger partial charge in [0.05, 0.1) is 5.92 Å². The van der Waals surface area contributed by atoms with Crippen LogP contribution in [-0.2, 0) is 11.2 Å². The SMILES string of the molecule is CC1=CC=C(C2CCC(C)CC2)C2CC12.Cc1ccc(C)c(CC2C(=O)C=Cc3ccccc32)c1. The summed E-state index contributed by atoms with van der Waals surface area (Å²) in [5.74, 6) is 4.01. The van der Waals surface area contributed by atoms with Crippen LogP contribution in [0.4, 0.5) is 0 Å². The number of allylic oxidation sites excluding steroid dienone is 5. The fourth-order valence-corrected chi connectivity index (χ4v) is 6.45. The fraction of sp³-hybridized carbons (Fsp3) is 0.441. The lowest BCUT2D eigenvalue weighted by molar-refractivity contribution is -0.116. The van der Waals surface area contributed by atoms with Gasteiger partial charge < -0.3 is 0 Å². The molecule has 2 aromatic carbocycles. The maximum atomic E-state index is 12.3. The molecule has 0 N–H and O–H groups in total. The molecule has 2 aromatic rings. The minimum atomic E-state index is -0.0447. The Kier molecular flexibility index (Phi) is 6.96. The maximum absolute atomic E-state index is 12.3. The van der Waals surface area contributed by atoms with Gasteiger partial charge in [-0.1, -0.05) is 97.2 Å². The van der Waals surface area contributed by atoms with Crippen LogP contribution < -0.4 is 0 Å². The van der Waals surface area contributed by atoms with Gasteiger partial charge in [-0.15, -0.1) is 0 Å². The Balaban J connectivity index is 0.000000151. The molecule has 0 radical (unpaired) electrons. The van der Waals surface area contributed by atoms with E-state index in [0.29, 0.717) is 0 Å². The second-order valence-electron chi connectivity index (χ2n) is 11.5. The number of fused-ring (bicyclic) bond motifs is 2. The molecule has 35 heavy (non-hydrogen) atoms. The standard InChI is InChI=1S/C19H18O.C15H22/c1-13-7-8-14(2)16(11-13)12-18-17-6-4-3-5-15(17)9-10-19(18)20;1-10-3-6-12(7-4-10)13-8-5-11(2)14-9-15(13)14/h3-11,18H,12H2,1-2H3;5,8,10,12,14-15H,3-4,6-7,9H2,1-2H3. The topological polar surface area (TPSA) is 17.1 Å². The van der Waals surface area contributed by atoms with Crippen LogP contribution in [0.15, 0.2) is 71.8 Å². The zero-order valence-corrected chi connectivity index (χ0v) is 21.9. The van der Waals surface area contributed by atoms with Gasteiger partial charge in [-0.2, -0.15) is 0 Å². The lowest BCUT2D eigenvalue weighted by Gasteiger charge is -2.29. The maximum Gasteiger partial charge on any atom is 0.163 e. The van der Waals surface area contributed by atoms with E-state index in [-0.39, 0.29) is 11.7 Å². The molecule has 0 saturated heterocycles. The number of aryl methyl sites for hydroxylation is 2. The van der Waals surface area contributed by atoms with Gasteiger partial charge in [0.15, 0.2) is 5.78 Å². The van der Waals surface area contributed by atoms with Crippen molar-refractivity contribution in [3.63, 3.8) is 0 Å². The summed E-state index contributed by atoms with van der Waals surface area (Å²) >= 11 is 0. The van der Waals surface area contributed by atoms with Gasteiger partial charge in [-0.05, 0) is 98.5 Å². The molecular weight excluding hydrogens is 424 g/mol. The Morgan fingerprint density at radius 2 is 1.63 bits per heavy atom. The predicted octanol–water partition coefficient (Wildman–Crippen LogP) is 8.56. The molecular formula is C34H40O. The highest BCUT2D eigenvalue weighted by molar-refractivity contribution is 6.02. The van der Waals surface area contributed by atoms with Crippen molar-refractivity contribution in [2.75, 3.05) is 0 Å². The highest BCUT2D eigenvalue weighted by atomic mass is 16.1. The molecule has 3 atom stereocenters. The summed E-state index contributed by atoms with van der Waals surface area (Å²) < 4.78 is 0. The van der Waals surface area contributed by atoms with Crippen LogP contribution in [0.2, 0.25) is 0 Å². The van der Waals surface area contributed by atoms with Crippen LogP contribution in [0.1, 0.15) is 79.7 Å². The monoisotopic (exact) mass is 464 g/mol. The molecule has 6 rings (SSSR count). The first-order valence-corrected chi connectivity index (χ1v) is 13.7. The van der Waals surface area contributed by atoms with Gasteiger partial charge in [-0.25, -0.2) is 0 Å². The molecule has 0 bridgehead atoms. The molecule has 182 valence electrons. The van der Waals surface area contributed by atoms with Crippen LogP contribution in [0.3, 0.4) is 0 Å². The first-order valence-electron chi connectivity index (χ1n) is 13.7. The fourth-order valence-electron chi connectivity index (χ4n) is 6.45. The van der Waals surface area contributed by atoms with Gasteiger partial charge >= 0.3 is 0 Å². The Bertz CT molecular complexity index is 1180. The van der Waals surface area contributed by atoms with Crippen LogP contribution in [0.5, 0.6) is 0 Å². The Morgan fingerprint density at radius 3 is 2.43 bits per heavy atom. The van der Waals surface area contributed by atoms with Gasteiger partial charge in [0.25, 0.3) is 0 Å². The predicted molar refractivity (Wildman–Crippen MR) is 147 cm³/mol. The Morgan fingerprint density at radius 1 is 0.857 bits per heavy atom. The summed E-state index contributed by atoms with van der Waals surface area (Å²) in [5, 5.41) is 0. The van der Waals surface area contributed by atoms with Crippen molar-refractivity contribution >= 4 is 11.9 Å². The number of rotatable bonds is 3. The van der Waals surface area contributed by atoms with Crippen molar-refractivity contribution in [2.24, 2.45) is 23.7 Å². The van der Waals surface area contributed by atoms with Gasteiger partial charge in [0, 0.05) is 0 Å². The van der Waals surface area contributed by atoms with E-state index in [9.17, 15) is 4.79 Å². The summed E-state index contributed by atoms with van der Waals surface area (Å²) in [4.78, 5) is 12.3. The lowest BCUT2D eigenvalue weighted by Crippen LogP contribution is -2.17. The average molecular weight is 465 g/mol. The van der Waals surface area contributed by atoms with E-state index in [0.717, 1.165) is 35.7 Å².